The van der Waals surface area contributed by atoms with Crippen LogP contribution in [0.5, 0.6) is 0 Å². The Hall–Kier alpha value is -1.46. The third-order valence-corrected chi connectivity index (χ3v) is 2.41. The van der Waals surface area contributed by atoms with Gasteiger partial charge in [0.2, 0.25) is 0 Å². The normalized spacial score (nSPS) is 9.88. The lowest BCUT2D eigenvalue weighted by atomic mass is 10.1. The van der Waals surface area contributed by atoms with Crippen LogP contribution in [0.1, 0.15) is 44.9 Å². The molecular formula is C11H22N2O4. The summed E-state index contributed by atoms with van der Waals surface area (Å²) in [5.41, 5.74) is 0. The molecule has 0 aliphatic carbocycles. The highest BCUT2D eigenvalue weighted by atomic mass is 16.4. The van der Waals surface area contributed by atoms with Crippen LogP contribution in [0, 0.1) is 0 Å². The summed E-state index contributed by atoms with van der Waals surface area (Å²) in [7, 11) is 0. The zero-order chi connectivity index (χ0) is 12.9. The molecule has 0 fully saturated rings. The van der Waals surface area contributed by atoms with Crippen molar-refractivity contribution >= 4 is 12.2 Å². The second kappa shape index (κ2) is 11.0. The van der Waals surface area contributed by atoms with Crippen LogP contribution in [0.15, 0.2) is 0 Å². The Labute approximate surface area is 101 Å². The van der Waals surface area contributed by atoms with E-state index in [9.17, 15) is 9.59 Å². The van der Waals surface area contributed by atoms with Crippen molar-refractivity contribution in [3.63, 3.8) is 0 Å². The maximum Gasteiger partial charge on any atom is 0.404 e. The van der Waals surface area contributed by atoms with Gasteiger partial charge < -0.3 is 20.8 Å². The minimum atomic E-state index is -0.962. The molecule has 0 aliphatic rings. The van der Waals surface area contributed by atoms with Crippen LogP contribution >= 0.6 is 0 Å². The predicted molar refractivity (Wildman–Crippen MR) is 64.4 cm³/mol. The van der Waals surface area contributed by atoms with E-state index in [1.54, 1.807) is 0 Å². The number of hydrogen-bond donors (Lipinski definition) is 4. The van der Waals surface area contributed by atoms with Gasteiger partial charge in [-0.1, -0.05) is 32.1 Å². The zero-order valence-electron chi connectivity index (χ0n) is 10.1. The quantitative estimate of drug-likeness (QED) is 0.444. The molecule has 0 aliphatic heterocycles. The van der Waals surface area contributed by atoms with Gasteiger partial charge in [-0.3, -0.25) is 0 Å². The van der Waals surface area contributed by atoms with Gasteiger partial charge >= 0.3 is 12.2 Å². The van der Waals surface area contributed by atoms with Crippen LogP contribution in [-0.2, 0) is 0 Å². The summed E-state index contributed by atoms with van der Waals surface area (Å²) in [6, 6.07) is 0. The van der Waals surface area contributed by atoms with Crippen molar-refractivity contribution < 1.29 is 19.8 Å². The van der Waals surface area contributed by atoms with Crippen LogP contribution in [-0.4, -0.2) is 35.5 Å². The minimum absolute atomic E-state index is 0.526. The van der Waals surface area contributed by atoms with E-state index < -0.39 is 12.2 Å². The number of rotatable bonds is 10. The first-order chi connectivity index (χ1) is 8.13. The maximum atomic E-state index is 10.1. The first kappa shape index (κ1) is 15.5. The van der Waals surface area contributed by atoms with Crippen LogP contribution in [0.3, 0.4) is 0 Å². The molecular weight excluding hydrogens is 224 g/mol. The molecule has 17 heavy (non-hydrogen) atoms. The van der Waals surface area contributed by atoms with E-state index in [-0.39, 0.29) is 0 Å². The molecule has 0 rings (SSSR count). The van der Waals surface area contributed by atoms with E-state index in [1.807, 2.05) is 0 Å². The van der Waals surface area contributed by atoms with Gasteiger partial charge in [0.05, 0.1) is 0 Å². The molecule has 6 heteroatoms. The van der Waals surface area contributed by atoms with E-state index in [2.05, 4.69) is 10.6 Å². The van der Waals surface area contributed by atoms with E-state index >= 15 is 0 Å². The second-order valence-electron chi connectivity index (χ2n) is 3.94. The number of carboxylic acid groups (broad SMARTS) is 2. The highest BCUT2D eigenvalue weighted by Crippen LogP contribution is 2.06. The van der Waals surface area contributed by atoms with Gasteiger partial charge in [-0.25, -0.2) is 9.59 Å². The highest BCUT2D eigenvalue weighted by Gasteiger charge is 1.95. The van der Waals surface area contributed by atoms with Crippen molar-refractivity contribution in [3.8, 4) is 0 Å². The van der Waals surface area contributed by atoms with Gasteiger partial charge in [-0.2, -0.15) is 0 Å². The zero-order valence-corrected chi connectivity index (χ0v) is 10.1. The van der Waals surface area contributed by atoms with Crippen LogP contribution in [0.4, 0.5) is 9.59 Å². The fourth-order valence-electron chi connectivity index (χ4n) is 1.52. The SMILES string of the molecule is O=C(O)NCCCCCCCCCNC(=O)O. The highest BCUT2D eigenvalue weighted by molar-refractivity contribution is 5.64. The number of hydrogen-bond acceptors (Lipinski definition) is 2. The molecule has 0 unspecified atom stereocenters. The van der Waals surface area contributed by atoms with Gasteiger partial charge in [-0.05, 0) is 12.8 Å². The van der Waals surface area contributed by atoms with Crippen LogP contribution < -0.4 is 10.6 Å². The van der Waals surface area contributed by atoms with E-state index in [1.165, 1.54) is 0 Å². The average Bonchev–Trinajstić information content (AvgIpc) is 2.25. The van der Waals surface area contributed by atoms with Crippen molar-refractivity contribution in [2.45, 2.75) is 44.9 Å². The summed E-state index contributed by atoms with van der Waals surface area (Å²) in [6.45, 7) is 1.05. The van der Waals surface area contributed by atoms with Crippen LogP contribution in [0.25, 0.3) is 0 Å². The summed E-state index contributed by atoms with van der Waals surface area (Å²) in [5.74, 6) is 0. The molecule has 0 radical (unpaired) electrons. The fraction of sp³-hybridized carbons (Fsp3) is 0.818. The van der Waals surface area contributed by atoms with Gasteiger partial charge in [0, 0.05) is 13.1 Å². The molecule has 4 N–H and O–H groups in total. The van der Waals surface area contributed by atoms with Crippen molar-refractivity contribution in [1.82, 2.24) is 10.6 Å². The third kappa shape index (κ3) is 14.5. The molecule has 0 aromatic heterocycles. The lowest BCUT2D eigenvalue weighted by Crippen LogP contribution is -2.21. The lowest BCUT2D eigenvalue weighted by Gasteiger charge is -2.03. The van der Waals surface area contributed by atoms with Gasteiger partial charge in [0.15, 0.2) is 0 Å². The topological polar surface area (TPSA) is 98.7 Å². The third-order valence-electron chi connectivity index (χ3n) is 2.41. The Kier molecular flexibility index (Phi) is 10.1. The summed E-state index contributed by atoms with van der Waals surface area (Å²) < 4.78 is 0. The van der Waals surface area contributed by atoms with E-state index in [0.29, 0.717) is 13.1 Å². The molecule has 2 amide bonds. The molecule has 0 bridgehead atoms. The minimum Gasteiger partial charge on any atom is -0.465 e. The molecule has 0 aromatic rings. The lowest BCUT2D eigenvalue weighted by molar-refractivity contribution is 0.193. The van der Waals surface area contributed by atoms with Crippen molar-refractivity contribution in [2.75, 3.05) is 13.1 Å². The molecule has 0 saturated carbocycles. The predicted octanol–water partition coefficient (Wildman–Crippen LogP) is 2.25. The van der Waals surface area contributed by atoms with E-state index in [0.717, 1.165) is 44.9 Å². The standard InChI is InChI=1S/C11H22N2O4/c14-10(15)12-8-6-4-2-1-3-5-7-9-13-11(16)17/h12-13H,1-9H2,(H,14,15)(H,16,17). The molecule has 0 aromatic carbocycles. The van der Waals surface area contributed by atoms with Crippen molar-refractivity contribution in [1.29, 1.82) is 0 Å². The molecule has 0 spiro atoms. The molecule has 100 valence electrons. The van der Waals surface area contributed by atoms with Gasteiger partial charge in [0.25, 0.3) is 0 Å². The molecule has 0 heterocycles. The summed E-state index contributed by atoms with van der Waals surface area (Å²) >= 11 is 0. The average molecular weight is 246 g/mol. The Morgan fingerprint density at radius 3 is 1.24 bits per heavy atom. The monoisotopic (exact) mass is 246 g/mol. The largest absolute Gasteiger partial charge is 0.465 e. The van der Waals surface area contributed by atoms with Crippen LogP contribution in [0.2, 0.25) is 0 Å². The smallest absolute Gasteiger partial charge is 0.404 e. The number of carbonyl (C=O) groups is 2. The van der Waals surface area contributed by atoms with Gasteiger partial charge in [-0.15, -0.1) is 0 Å². The second-order valence-corrected chi connectivity index (χ2v) is 3.94. The first-order valence-electron chi connectivity index (χ1n) is 6.06. The number of amides is 2. The van der Waals surface area contributed by atoms with Gasteiger partial charge in [0.1, 0.15) is 0 Å². The van der Waals surface area contributed by atoms with Crippen molar-refractivity contribution in [2.24, 2.45) is 0 Å². The first-order valence-corrected chi connectivity index (χ1v) is 6.06. The Morgan fingerprint density at radius 2 is 0.941 bits per heavy atom. The van der Waals surface area contributed by atoms with Crippen molar-refractivity contribution in [3.05, 3.63) is 0 Å². The van der Waals surface area contributed by atoms with E-state index in [4.69, 9.17) is 10.2 Å². The Morgan fingerprint density at radius 1 is 0.647 bits per heavy atom. The fourth-order valence-corrected chi connectivity index (χ4v) is 1.52. The molecule has 0 saturated heterocycles. The number of unbranched alkanes of at least 4 members (excludes halogenated alkanes) is 6. The number of nitrogens with one attached hydrogen (secondary N) is 2. The maximum absolute atomic E-state index is 10.1. The summed E-state index contributed by atoms with van der Waals surface area (Å²) in [4.78, 5) is 20.2. The Balaban J connectivity index is 2.98. The summed E-state index contributed by atoms with van der Waals surface area (Å²) in [6.07, 6.45) is 5.24. The Bertz CT molecular complexity index is 200. The molecule has 6 nitrogen and oxygen atoms in total. The summed E-state index contributed by atoms with van der Waals surface area (Å²) in [5, 5.41) is 21.3. The molecule has 0 atom stereocenters.